The van der Waals surface area contributed by atoms with Crippen LogP contribution in [0.3, 0.4) is 0 Å². The van der Waals surface area contributed by atoms with Crippen LogP contribution in [0.25, 0.3) is 0 Å². The lowest BCUT2D eigenvalue weighted by atomic mass is 9.84. The second-order valence-electron chi connectivity index (χ2n) is 3.30. The van der Waals surface area contributed by atoms with Crippen LogP contribution < -0.4 is 0 Å². The molecule has 0 bridgehead atoms. The minimum atomic E-state index is 1.03. The number of hydrogen-bond acceptors (Lipinski definition) is 0. The zero-order valence-electron chi connectivity index (χ0n) is 7.19. The Labute approximate surface area is 64.3 Å². The van der Waals surface area contributed by atoms with Crippen LogP contribution >= 0.6 is 0 Å². The van der Waals surface area contributed by atoms with Gasteiger partial charge in [0.1, 0.15) is 0 Å². The summed E-state index contributed by atoms with van der Waals surface area (Å²) >= 11 is 0. The third-order valence-electron chi connectivity index (χ3n) is 2.73. The van der Waals surface area contributed by atoms with Gasteiger partial charge in [-0.05, 0) is 38.5 Å². The summed E-state index contributed by atoms with van der Waals surface area (Å²) in [5.41, 5.74) is 1.68. The molecule has 0 aromatic heterocycles. The first-order chi connectivity index (χ1) is 4.86. The predicted octanol–water partition coefficient (Wildman–Crippen LogP) is 3.53. The van der Waals surface area contributed by atoms with Gasteiger partial charge >= 0.3 is 0 Å². The Bertz CT molecular complexity index is 112. The molecule has 0 saturated heterocycles. The summed E-state index contributed by atoms with van der Waals surface area (Å²) in [7, 11) is 0. The van der Waals surface area contributed by atoms with E-state index >= 15 is 0 Å². The molecular weight excluding hydrogens is 120 g/mol. The van der Waals surface area contributed by atoms with Crippen molar-refractivity contribution in [3.05, 3.63) is 11.6 Å². The van der Waals surface area contributed by atoms with E-state index in [-0.39, 0.29) is 0 Å². The molecule has 58 valence electrons. The topological polar surface area (TPSA) is 0 Å². The minimum absolute atomic E-state index is 1.03. The fourth-order valence-corrected chi connectivity index (χ4v) is 1.75. The van der Waals surface area contributed by atoms with E-state index in [0.29, 0.717) is 0 Å². The highest BCUT2D eigenvalue weighted by molar-refractivity contribution is 5.03. The summed E-state index contributed by atoms with van der Waals surface area (Å²) in [5.74, 6) is 1.03. The Hall–Kier alpha value is -0.260. The van der Waals surface area contributed by atoms with Crippen molar-refractivity contribution in [3.63, 3.8) is 0 Å². The smallest absolute Gasteiger partial charge is 0.0318 e. The van der Waals surface area contributed by atoms with Crippen molar-refractivity contribution in [1.82, 2.24) is 0 Å². The number of rotatable bonds is 1. The van der Waals surface area contributed by atoms with Gasteiger partial charge in [-0.2, -0.15) is 0 Å². The maximum Gasteiger partial charge on any atom is -0.0318 e. The van der Waals surface area contributed by atoms with Crippen molar-refractivity contribution in [3.8, 4) is 0 Å². The molecule has 0 spiro atoms. The van der Waals surface area contributed by atoms with Crippen LogP contribution in [-0.2, 0) is 0 Å². The second-order valence-corrected chi connectivity index (χ2v) is 3.30. The Kier molecular flexibility index (Phi) is 2.98. The van der Waals surface area contributed by atoms with Crippen LogP contribution in [0.15, 0.2) is 11.6 Å². The van der Waals surface area contributed by atoms with Crippen LogP contribution in [0.4, 0.5) is 0 Å². The van der Waals surface area contributed by atoms with Crippen molar-refractivity contribution >= 4 is 0 Å². The summed E-state index contributed by atoms with van der Waals surface area (Å²) in [5, 5.41) is 0. The van der Waals surface area contributed by atoms with Crippen molar-refractivity contribution in [2.24, 2.45) is 5.92 Å². The van der Waals surface area contributed by atoms with Gasteiger partial charge in [-0.1, -0.05) is 25.0 Å². The van der Waals surface area contributed by atoms with Gasteiger partial charge in [0.05, 0.1) is 0 Å². The van der Waals surface area contributed by atoms with E-state index in [1.807, 2.05) is 0 Å². The standard InChI is InChI=1S/C10H18/c1-3-9-5-7-10(4-2)8-6-9/h3,10H,4-8H2,1-2H3. The molecule has 0 amide bonds. The van der Waals surface area contributed by atoms with E-state index in [4.69, 9.17) is 0 Å². The van der Waals surface area contributed by atoms with Crippen LogP contribution in [0.1, 0.15) is 46.0 Å². The zero-order valence-corrected chi connectivity index (χ0v) is 7.19. The molecule has 1 fully saturated rings. The molecule has 0 aromatic carbocycles. The molecule has 1 rings (SSSR count). The average molecular weight is 138 g/mol. The largest absolute Gasteiger partial charge is 0.0885 e. The van der Waals surface area contributed by atoms with Crippen molar-refractivity contribution < 1.29 is 0 Å². The lowest BCUT2D eigenvalue weighted by molar-refractivity contribution is 0.397. The Morgan fingerprint density at radius 3 is 2.40 bits per heavy atom. The molecule has 1 aliphatic carbocycles. The van der Waals surface area contributed by atoms with Crippen LogP contribution in [-0.4, -0.2) is 0 Å². The SMILES string of the molecule is CC=C1CCC(CC)CC1. The van der Waals surface area contributed by atoms with Gasteiger partial charge in [0.2, 0.25) is 0 Å². The molecule has 0 N–H and O–H groups in total. The maximum absolute atomic E-state index is 2.31. The highest BCUT2D eigenvalue weighted by atomic mass is 14.2. The van der Waals surface area contributed by atoms with Gasteiger partial charge in [-0.25, -0.2) is 0 Å². The first-order valence-electron chi connectivity index (χ1n) is 4.50. The minimum Gasteiger partial charge on any atom is -0.0885 e. The molecule has 0 aromatic rings. The molecule has 0 nitrogen and oxygen atoms in total. The molecule has 0 heteroatoms. The van der Waals surface area contributed by atoms with Crippen molar-refractivity contribution in [2.45, 2.75) is 46.0 Å². The lowest BCUT2D eigenvalue weighted by Gasteiger charge is -2.22. The van der Waals surface area contributed by atoms with Crippen LogP contribution in [0.2, 0.25) is 0 Å². The van der Waals surface area contributed by atoms with E-state index in [0.717, 1.165) is 5.92 Å². The highest BCUT2D eigenvalue weighted by Crippen LogP contribution is 2.29. The van der Waals surface area contributed by atoms with E-state index in [2.05, 4.69) is 19.9 Å². The average Bonchev–Trinajstić information content (AvgIpc) is 2.05. The van der Waals surface area contributed by atoms with Crippen molar-refractivity contribution in [1.29, 1.82) is 0 Å². The normalized spacial score (nSPS) is 26.6. The van der Waals surface area contributed by atoms with Gasteiger partial charge in [0, 0.05) is 0 Å². The molecule has 1 saturated carbocycles. The van der Waals surface area contributed by atoms with Crippen molar-refractivity contribution in [2.75, 3.05) is 0 Å². The lowest BCUT2D eigenvalue weighted by Crippen LogP contribution is -2.06. The summed E-state index contributed by atoms with van der Waals surface area (Å²) < 4.78 is 0. The zero-order chi connectivity index (χ0) is 7.40. The van der Waals surface area contributed by atoms with E-state index < -0.39 is 0 Å². The molecule has 0 unspecified atom stereocenters. The quantitative estimate of drug-likeness (QED) is 0.486. The van der Waals surface area contributed by atoms with Crippen LogP contribution in [0, 0.1) is 5.92 Å². The summed E-state index contributed by atoms with van der Waals surface area (Å²) in [6, 6.07) is 0. The molecule has 0 radical (unpaired) electrons. The molecule has 0 aliphatic heterocycles. The molecule has 1 aliphatic rings. The van der Waals surface area contributed by atoms with Gasteiger partial charge in [0.25, 0.3) is 0 Å². The van der Waals surface area contributed by atoms with Crippen LogP contribution in [0.5, 0.6) is 0 Å². The molecular formula is C10H18. The van der Waals surface area contributed by atoms with E-state index in [9.17, 15) is 0 Å². The fraction of sp³-hybridized carbons (Fsp3) is 0.800. The molecule has 0 heterocycles. The van der Waals surface area contributed by atoms with Gasteiger partial charge < -0.3 is 0 Å². The first-order valence-corrected chi connectivity index (χ1v) is 4.50. The summed E-state index contributed by atoms with van der Waals surface area (Å²) in [6.07, 6.45) is 9.30. The van der Waals surface area contributed by atoms with Gasteiger partial charge in [0.15, 0.2) is 0 Å². The Morgan fingerprint density at radius 1 is 1.40 bits per heavy atom. The number of allylic oxidation sites excluding steroid dienone is 2. The monoisotopic (exact) mass is 138 g/mol. The Morgan fingerprint density at radius 2 is 2.00 bits per heavy atom. The van der Waals surface area contributed by atoms with Gasteiger partial charge in [-0.3, -0.25) is 0 Å². The first kappa shape index (κ1) is 7.84. The third kappa shape index (κ3) is 1.86. The highest BCUT2D eigenvalue weighted by Gasteiger charge is 2.13. The second kappa shape index (κ2) is 3.80. The maximum atomic E-state index is 2.31. The molecule has 10 heavy (non-hydrogen) atoms. The fourth-order valence-electron chi connectivity index (χ4n) is 1.75. The molecule has 0 atom stereocenters. The third-order valence-corrected chi connectivity index (χ3v) is 2.73. The number of hydrogen-bond donors (Lipinski definition) is 0. The predicted molar refractivity (Wildman–Crippen MR) is 46.0 cm³/mol. The summed E-state index contributed by atoms with van der Waals surface area (Å²) in [6.45, 7) is 4.48. The van der Waals surface area contributed by atoms with Gasteiger partial charge in [-0.15, -0.1) is 0 Å². The summed E-state index contributed by atoms with van der Waals surface area (Å²) in [4.78, 5) is 0. The van der Waals surface area contributed by atoms with E-state index in [1.54, 1.807) is 5.57 Å². The van der Waals surface area contributed by atoms with E-state index in [1.165, 1.54) is 32.1 Å². The Balaban J connectivity index is 2.31.